The van der Waals surface area contributed by atoms with Crippen molar-refractivity contribution in [3.63, 3.8) is 0 Å². The summed E-state index contributed by atoms with van der Waals surface area (Å²) in [5.41, 5.74) is 2.47. The summed E-state index contributed by atoms with van der Waals surface area (Å²) in [5, 5.41) is 21.2. The summed E-state index contributed by atoms with van der Waals surface area (Å²) in [5.74, 6) is 0.654. The van der Waals surface area contributed by atoms with E-state index in [2.05, 4.69) is 15.5 Å². The van der Waals surface area contributed by atoms with E-state index in [-0.39, 0.29) is 5.57 Å². The van der Waals surface area contributed by atoms with Crippen LogP contribution in [0.2, 0.25) is 0 Å². The first-order chi connectivity index (χ1) is 15.0. The second kappa shape index (κ2) is 9.73. The minimum Gasteiger partial charge on any atom is -0.493 e. The molecule has 1 amide bonds. The van der Waals surface area contributed by atoms with Crippen molar-refractivity contribution >= 4 is 28.5 Å². The van der Waals surface area contributed by atoms with Crippen molar-refractivity contribution in [2.24, 2.45) is 0 Å². The van der Waals surface area contributed by atoms with Crippen molar-refractivity contribution < 1.29 is 19.0 Å². The molecule has 158 valence electrons. The molecule has 31 heavy (non-hydrogen) atoms. The Morgan fingerprint density at radius 1 is 1.06 bits per heavy atom. The van der Waals surface area contributed by atoms with Gasteiger partial charge in [-0.25, -0.2) is 0 Å². The Labute approximate surface area is 183 Å². The number of hydrogen-bond donors (Lipinski definition) is 1. The van der Waals surface area contributed by atoms with E-state index in [4.69, 9.17) is 14.2 Å². The molecule has 1 heterocycles. The molecule has 1 aromatic heterocycles. The van der Waals surface area contributed by atoms with Gasteiger partial charge in [-0.2, -0.15) is 5.26 Å². The SMILES string of the molecule is COc1cc(/C=C(/C#N)C(=O)Nc2nnc(-c3ccc(C)cc3)s2)cc(OC)c1OC. The van der Waals surface area contributed by atoms with Crippen molar-refractivity contribution in [1.82, 2.24) is 10.2 Å². The van der Waals surface area contributed by atoms with Crippen molar-refractivity contribution in [3.05, 3.63) is 53.1 Å². The van der Waals surface area contributed by atoms with Crippen LogP contribution in [0.25, 0.3) is 16.6 Å². The summed E-state index contributed by atoms with van der Waals surface area (Å²) in [4.78, 5) is 12.6. The summed E-state index contributed by atoms with van der Waals surface area (Å²) in [7, 11) is 4.48. The Hall–Kier alpha value is -3.90. The Kier molecular flexibility index (Phi) is 6.85. The second-order valence-electron chi connectivity index (χ2n) is 6.36. The van der Waals surface area contributed by atoms with Crippen molar-refractivity contribution in [2.45, 2.75) is 6.92 Å². The van der Waals surface area contributed by atoms with E-state index in [1.807, 2.05) is 37.3 Å². The van der Waals surface area contributed by atoms with Crippen LogP contribution in [0.3, 0.4) is 0 Å². The van der Waals surface area contributed by atoms with Gasteiger partial charge >= 0.3 is 0 Å². The van der Waals surface area contributed by atoms with Gasteiger partial charge < -0.3 is 14.2 Å². The maximum absolute atomic E-state index is 12.6. The lowest BCUT2D eigenvalue weighted by molar-refractivity contribution is -0.112. The molecule has 0 saturated carbocycles. The molecule has 0 fully saturated rings. The van der Waals surface area contributed by atoms with Crippen molar-refractivity contribution in [1.29, 1.82) is 5.26 Å². The zero-order chi connectivity index (χ0) is 22.4. The molecular weight excluding hydrogens is 416 g/mol. The molecule has 8 nitrogen and oxygen atoms in total. The zero-order valence-electron chi connectivity index (χ0n) is 17.4. The molecule has 3 rings (SSSR count). The Bertz CT molecular complexity index is 1140. The third kappa shape index (κ3) is 4.99. The molecule has 0 aliphatic rings. The number of nitrogens with one attached hydrogen (secondary N) is 1. The summed E-state index contributed by atoms with van der Waals surface area (Å²) < 4.78 is 15.9. The highest BCUT2D eigenvalue weighted by Gasteiger charge is 2.16. The van der Waals surface area contributed by atoms with Crippen LogP contribution >= 0.6 is 11.3 Å². The van der Waals surface area contributed by atoms with Gasteiger partial charge in [0.25, 0.3) is 5.91 Å². The fraction of sp³-hybridized carbons (Fsp3) is 0.182. The molecule has 0 unspecified atom stereocenters. The maximum atomic E-state index is 12.6. The number of anilines is 1. The van der Waals surface area contributed by atoms with Crippen LogP contribution in [-0.4, -0.2) is 37.4 Å². The standard InChI is InChI=1S/C22H20N4O4S/c1-13-5-7-15(8-6-13)21-25-26-22(31-21)24-20(27)16(12-23)9-14-10-17(28-2)19(30-4)18(11-14)29-3/h5-11H,1-4H3,(H,24,26,27)/b16-9-. The molecule has 0 bridgehead atoms. The number of methoxy groups -OCH3 is 3. The highest BCUT2D eigenvalue weighted by molar-refractivity contribution is 7.18. The molecule has 0 atom stereocenters. The molecule has 0 radical (unpaired) electrons. The quantitative estimate of drug-likeness (QED) is 0.439. The van der Waals surface area contributed by atoms with Crippen LogP contribution in [0.4, 0.5) is 5.13 Å². The summed E-state index contributed by atoms with van der Waals surface area (Å²) >= 11 is 1.22. The third-order valence-electron chi connectivity index (χ3n) is 4.31. The van der Waals surface area contributed by atoms with Gasteiger partial charge in [0.05, 0.1) is 21.3 Å². The number of aromatic nitrogens is 2. The monoisotopic (exact) mass is 436 g/mol. The van der Waals surface area contributed by atoms with Gasteiger partial charge in [0, 0.05) is 5.56 Å². The zero-order valence-corrected chi connectivity index (χ0v) is 18.2. The summed E-state index contributed by atoms with van der Waals surface area (Å²) in [6.07, 6.45) is 1.43. The van der Waals surface area contributed by atoms with Gasteiger partial charge in [-0.3, -0.25) is 10.1 Å². The minimum absolute atomic E-state index is 0.110. The van der Waals surface area contributed by atoms with Gasteiger partial charge in [0.15, 0.2) is 11.5 Å². The maximum Gasteiger partial charge on any atom is 0.268 e. The van der Waals surface area contributed by atoms with E-state index in [0.29, 0.717) is 33.0 Å². The average molecular weight is 436 g/mol. The van der Waals surface area contributed by atoms with Crippen LogP contribution in [-0.2, 0) is 4.79 Å². The number of nitriles is 1. The third-order valence-corrected chi connectivity index (χ3v) is 5.19. The number of amides is 1. The van der Waals surface area contributed by atoms with Crippen LogP contribution < -0.4 is 19.5 Å². The fourth-order valence-corrected chi connectivity index (χ4v) is 3.50. The Morgan fingerprint density at radius 3 is 2.26 bits per heavy atom. The highest BCUT2D eigenvalue weighted by Crippen LogP contribution is 2.38. The summed E-state index contributed by atoms with van der Waals surface area (Å²) in [6.45, 7) is 2.00. The normalized spacial score (nSPS) is 10.9. The molecule has 0 aliphatic carbocycles. The number of carbonyl (C=O) groups excluding carboxylic acids is 1. The van der Waals surface area contributed by atoms with E-state index < -0.39 is 5.91 Å². The van der Waals surface area contributed by atoms with Crippen LogP contribution in [0, 0.1) is 18.3 Å². The molecule has 0 spiro atoms. The van der Waals surface area contributed by atoms with Crippen LogP contribution in [0.5, 0.6) is 17.2 Å². The van der Waals surface area contributed by atoms with E-state index >= 15 is 0 Å². The number of nitrogens with zero attached hydrogens (tertiary/aromatic N) is 3. The van der Waals surface area contributed by atoms with Gasteiger partial charge in [0.2, 0.25) is 10.9 Å². The molecule has 1 N–H and O–H groups in total. The topological polar surface area (TPSA) is 106 Å². The molecule has 2 aromatic carbocycles. The largest absolute Gasteiger partial charge is 0.493 e. The van der Waals surface area contributed by atoms with Crippen LogP contribution in [0.1, 0.15) is 11.1 Å². The van der Waals surface area contributed by atoms with E-state index in [9.17, 15) is 10.1 Å². The Morgan fingerprint density at radius 2 is 1.71 bits per heavy atom. The molecule has 9 heteroatoms. The number of aryl methyl sites for hydroxylation is 1. The number of hydrogen-bond acceptors (Lipinski definition) is 8. The molecule has 0 saturated heterocycles. The lowest BCUT2D eigenvalue weighted by Gasteiger charge is -2.13. The average Bonchev–Trinajstić information content (AvgIpc) is 3.25. The van der Waals surface area contributed by atoms with Gasteiger partial charge in [-0.15, -0.1) is 10.2 Å². The van der Waals surface area contributed by atoms with Crippen LogP contribution in [0.15, 0.2) is 42.0 Å². The summed E-state index contributed by atoms with van der Waals surface area (Å²) in [6, 6.07) is 13.0. The fourth-order valence-electron chi connectivity index (χ4n) is 2.75. The first-order valence-corrected chi connectivity index (χ1v) is 9.94. The second-order valence-corrected chi connectivity index (χ2v) is 7.34. The Balaban J connectivity index is 1.83. The smallest absolute Gasteiger partial charge is 0.268 e. The molecule has 0 aliphatic heterocycles. The number of carbonyl (C=O) groups is 1. The van der Waals surface area contributed by atoms with E-state index in [0.717, 1.165) is 11.1 Å². The van der Waals surface area contributed by atoms with Gasteiger partial charge in [0.1, 0.15) is 16.6 Å². The lowest BCUT2D eigenvalue weighted by atomic mass is 10.1. The molecule has 3 aromatic rings. The first-order valence-electron chi connectivity index (χ1n) is 9.12. The highest BCUT2D eigenvalue weighted by atomic mass is 32.1. The minimum atomic E-state index is -0.595. The number of ether oxygens (including phenoxy) is 3. The molecular formula is C22H20N4O4S. The number of rotatable bonds is 7. The number of benzene rings is 2. The first kappa shape index (κ1) is 21.8. The van der Waals surface area contributed by atoms with E-state index in [1.54, 1.807) is 12.1 Å². The predicted molar refractivity (Wildman–Crippen MR) is 118 cm³/mol. The van der Waals surface area contributed by atoms with Gasteiger partial charge in [-0.1, -0.05) is 41.2 Å². The van der Waals surface area contributed by atoms with E-state index in [1.165, 1.54) is 38.7 Å². The predicted octanol–water partition coefficient (Wildman–Crippen LogP) is 4.09. The van der Waals surface area contributed by atoms with Gasteiger partial charge in [-0.05, 0) is 30.7 Å². The van der Waals surface area contributed by atoms with Crippen molar-refractivity contribution in [2.75, 3.05) is 26.6 Å². The van der Waals surface area contributed by atoms with Crippen molar-refractivity contribution in [3.8, 4) is 33.9 Å². The lowest BCUT2D eigenvalue weighted by Crippen LogP contribution is -2.13.